The maximum absolute atomic E-state index is 10.5. The molecule has 0 spiro atoms. The molecule has 0 saturated heterocycles. The van der Waals surface area contributed by atoms with Gasteiger partial charge in [-0.15, -0.1) is 0 Å². The largest absolute Gasteiger partial charge is 0.508 e. The van der Waals surface area contributed by atoms with Crippen LogP contribution in [0.1, 0.15) is 36.0 Å². The zero-order chi connectivity index (χ0) is 19.6. The second kappa shape index (κ2) is 7.82. The standard InChI is InChI=1S/C26H26O3/c27-24-12-10-21(22-11-13-25-26(16-22)29-17-28-25)15-23(24)14-18-4-3-7-19-5-1-2-6-20(19)9-8-18/h1-2,5-6,10-13,15-16,18,27H,3-4,7-9,14,17H2. The van der Waals surface area contributed by atoms with Crippen molar-refractivity contribution in [2.75, 3.05) is 6.79 Å². The normalized spacial score (nSPS) is 18.0. The molecule has 0 saturated carbocycles. The molecule has 1 N–H and O–H groups in total. The average molecular weight is 386 g/mol. The van der Waals surface area contributed by atoms with E-state index in [0.29, 0.717) is 11.7 Å². The van der Waals surface area contributed by atoms with Crippen LogP contribution >= 0.6 is 0 Å². The summed E-state index contributed by atoms with van der Waals surface area (Å²) in [5.74, 6) is 2.58. The van der Waals surface area contributed by atoms with E-state index in [2.05, 4.69) is 36.4 Å². The summed E-state index contributed by atoms with van der Waals surface area (Å²) in [6.07, 6.45) is 6.81. The van der Waals surface area contributed by atoms with Gasteiger partial charge in [-0.2, -0.15) is 0 Å². The number of rotatable bonds is 3. The van der Waals surface area contributed by atoms with E-state index in [9.17, 15) is 5.11 Å². The van der Waals surface area contributed by atoms with E-state index < -0.39 is 0 Å². The van der Waals surface area contributed by atoms with Crippen molar-refractivity contribution in [3.63, 3.8) is 0 Å². The lowest BCUT2D eigenvalue weighted by atomic mass is 9.83. The number of hydrogen-bond donors (Lipinski definition) is 1. The lowest BCUT2D eigenvalue weighted by Gasteiger charge is -2.22. The highest BCUT2D eigenvalue weighted by Gasteiger charge is 2.18. The van der Waals surface area contributed by atoms with Gasteiger partial charge in [-0.25, -0.2) is 0 Å². The molecule has 0 bridgehead atoms. The second-order valence-corrected chi connectivity index (χ2v) is 8.18. The third kappa shape index (κ3) is 3.82. The summed E-state index contributed by atoms with van der Waals surface area (Å²) in [6.45, 7) is 0.282. The lowest BCUT2D eigenvalue weighted by molar-refractivity contribution is 0.174. The molecule has 0 radical (unpaired) electrons. The van der Waals surface area contributed by atoms with Gasteiger partial charge in [0.25, 0.3) is 0 Å². The molecule has 1 aliphatic carbocycles. The zero-order valence-corrected chi connectivity index (χ0v) is 16.6. The summed E-state index contributed by atoms with van der Waals surface area (Å²) in [4.78, 5) is 0. The Balaban J connectivity index is 1.35. The number of aromatic hydroxyl groups is 1. The number of benzene rings is 3. The first kappa shape index (κ1) is 18.1. The van der Waals surface area contributed by atoms with Crippen molar-refractivity contribution in [2.24, 2.45) is 5.92 Å². The third-order valence-corrected chi connectivity index (χ3v) is 6.29. The fourth-order valence-electron chi connectivity index (χ4n) is 4.65. The molecule has 1 heterocycles. The minimum Gasteiger partial charge on any atom is -0.508 e. The van der Waals surface area contributed by atoms with Crippen LogP contribution in [0.4, 0.5) is 0 Å². The molecule has 3 heteroatoms. The molecule has 5 rings (SSSR count). The molecular weight excluding hydrogens is 360 g/mol. The Morgan fingerprint density at radius 1 is 0.793 bits per heavy atom. The number of phenolic OH excluding ortho intramolecular Hbond substituents is 1. The van der Waals surface area contributed by atoms with Crippen LogP contribution < -0.4 is 9.47 Å². The van der Waals surface area contributed by atoms with Crippen LogP contribution in [-0.2, 0) is 19.3 Å². The first-order valence-electron chi connectivity index (χ1n) is 10.5. The molecule has 1 atom stereocenters. The Morgan fingerprint density at radius 3 is 2.45 bits per heavy atom. The third-order valence-electron chi connectivity index (χ3n) is 6.29. The molecule has 3 aromatic rings. The summed E-state index contributed by atoms with van der Waals surface area (Å²) in [5, 5.41) is 10.5. The highest BCUT2D eigenvalue weighted by atomic mass is 16.7. The SMILES string of the molecule is Oc1ccc(-c2ccc3c(c2)OCO3)cc1CC1CCCc2ccccc2CC1. The Labute approximate surface area is 171 Å². The van der Waals surface area contributed by atoms with Gasteiger partial charge in [-0.1, -0.05) is 36.4 Å². The summed E-state index contributed by atoms with van der Waals surface area (Å²) in [7, 11) is 0. The van der Waals surface area contributed by atoms with Crippen LogP contribution in [0.25, 0.3) is 11.1 Å². The molecule has 2 aliphatic rings. The lowest BCUT2D eigenvalue weighted by Crippen LogP contribution is -2.11. The summed E-state index contributed by atoms with van der Waals surface area (Å²) in [6, 6.07) is 20.8. The van der Waals surface area contributed by atoms with E-state index in [1.807, 2.05) is 24.3 Å². The summed E-state index contributed by atoms with van der Waals surface area (Å²) >= 11 is 0. The Hall–Kier alpha value is -2.94. The van der Waals surface area contributed by atoms with Crippen LogP contribution in [0.15, 0.2) is 60.7 Å². The minimum absolute atomic E-state index is 0.282. The van der Waals surface area contributed by atoms with E-state index >= 15 is 0 Å². The fraction of sp³-hybridized carbons (Fsp3) is 0.308. The van der Waals surface area contributed by atoms with Gasteiger partial charge in [-0.3, -0.25) is 0 Å². The average Bonchev–Trinajstić information content (AvgIpc) is 3.20. The zero-order valence-electron chi connectivity index (χ0n) is 16.6. The van der Waals surface area contributed by atoms with Gasteiger partial charge in [0.05, 0.1) is 0 Å². The topological polar surface area (TPSA) is 38.7 Å². The van der Waals surface area contributed by atoms with E-state index in [1.54, 1.807) is 0 Å². The molecular formula is C26H26O3. The van der Waals surface area contributed by atoms with Crippen molar-refractivity contribution in [1.82, 2.24) is 0 Å². The van der Waals surface area contributed by atoms with Gasteiger partial charge in [0, 0.05) is 0 Å². The molecule has 0 amide bonds. The van der Waals surface area contributed by atoms with E-state index in [4.69, 9.17) is 9.47 Å². The Morgan fingerprint density at radius 2 is 1.55 bits per heavy atom. The molecule has 148 valence electrons. The van der Waals surface area contributed by atoms with Gasteiger partial charge in [0.15, 0.2) is 11.5 Å². The van der Waals surface area contributed by atoms with Crippen LogP contribution in [0, 0.1) is 5.92 Å². The predicted molar refractivity (Wildman–Crippen MR) is 115 cm³/mol. The Kier molecular flexibility index (Phi) is 4.89. The molecule has 1 unspecified atom stereocenters. The highest BCUT2D eigenvalue weighted by Crippen LogP contribution is 2.37. The highest BCUT2D eigenvalue weighted by molar-refractivity contribution is 5.69. The first-order valence-corrected chi connectivity index (χ1v) is 10.5. The molecule has 0 fully saturated rings. The quantitative estimate of drug-likeness (QED) is 0.608. The first-order chi connectivity index (χ1) is 14.3. The van der Waals surface area contributed by atoms with Crippen LogP contribution in [-0.4, -0.2) is 11.9 Å². The number of phenols is 1. The molecule has 29 heavy (non-hydrogen) atoms. The predicted octanol–water partition coefficient (Wildman–Crippen LogP) is 5.92. The van der Waals surface area contributed by atoms with Gasteiger partial charge < -0.3 is 14.6 Å². The number of fused-ring (bicyclic) bond motifs is 2. The smallest absolute Gasteiger partial charge is 0.231 e. The number of aryl methyl sites for hydroxylation is 2. The van der Waals surface area contributed by atoms with Gasteiger partial charge in [-0.05, 0) is 96.5 Å². The fourth-order valence-corrected chi connectivity index (χ4v) is 4.65. The van der Waals surface area contributed by atoms with Gasteiger partial charge in [0.1, 0.15) is 5.75 Å². The van der Waals surface area contributed by atoms with Crippen LogP contribution in [0.3, 0.4) is 0 Å². The van der Waals surface area contributed by atoms with Crippen molar-refractivity contribution < 1.29 is 14.6 Å². The minimum atomic E-state index is 0.282. The van der Waals surface area contributed by atoms with Crippen molar-refractivity contribution in [1.29, 1.82) is 0 Å². The maximum atomic E-state index is 10.5. The number of ether oxygens (including phenoxy) is 2. The summed E-state index contributed by atoms with van der Waals surface area (Å²) in [5.41, 5.74) is 6.24. The van der Waals surface area contributed by atoms with Crippen molar-refractivity contribution >= 4 is 0 Å². The molecule has 3 nitrogen and oxygen atoms in total. The van der Waals surface area contributed by atoms with Crippen LogP contribution in [0.2, 0.25) is 0 Å². The maximum Gasteiger partial charge on any atom is 0.231 e. The summed E-state index contributed by atoms with van der Waals surface area (Å²) < 4.78 is 10.9. The molecule has 1 aliphatic heterocycles. The van der Waals surface area contributed by atoms with E-state index in [0.717, 1.165) is 47.5 Å². The van der Waals surface area contributed by atoms with Crippen molar-refractivity contribution in [3.8, 4) is 28.4 Å². The monoisotopic (exact) mass is 386 g/mol. The Bertz CT molecular complexity index is 1020. The van der Waals surface area contributed by atoms with Crippen molar-refractivity contribution in [2.45, 2.75) is 38.5 Å². The van der Waals surface area contributed by atoms with E-state index in [-0.39, 0.29) is 6.79 Å². The molecule has 3 aromatic carbocycles. The van der Waals surface area contributed by atoms with Crippen molar-refractivity contribution in [3.05, 3.63) is 77.4 Å². The number of hydrogen-bond acceptors (Lipinski definition) is 3. The second-order valence-electron chi connectivity index (χ2n) is 8.18. The van der Waals surface area contributed by atoms with Crippen LogP contribution in [0.5, 0.6) is 17.2 Å². The van der Waals surface area contributed by atoms with Gasteiger partial charge >= 0.3 is 0 Å². The molecule has 0 aromatic heterocycles. The van der Waals surface area contributed by atoms with E-state index in [1.165, 1.54) is 30.4 Å². The van der Waals surface area contributed by atoms with Gasteiger partial charge in [0.2, 0.25) is 6.79 Å².